The Kier molecular flexibility index (Phi) is 3.83. The topological polar surface area (TPSA) is 22.1 Å². The lowest BCUT2D eigenvalue weighted by atomic mass is 10.3. The van der Waals surface area contributed by atoms with Crippen LogP contribution in [-0.4, -0.2) is 11.2 Å². The van der Waals surface area contributed by atoms with Gasteiger partial charge in [-0.1, -0.05) is 6.07 Å². The maximum absolute atomic E-state index is 5.69. The number of thioether (sulfide) groups is 1. The van der Waals surface area contributed by atoms with Crippen LogP contribution in [0.2, 0.25) is 0 Å². The molecule has 0 amide bonds. The second-order valence-electron chi connectivity index (χ2n) is 3.32. The Balaban J connectivity index is 1.99. The van der Waals surface area contributed by atoms with Crippen molar-refractivity contribution >= 4 is 11.8 Å². The van der Waals surface area contributed by atoms with E-state index in [1.165, 1.54) is 4.90 Å². The highest BCUT2D eigenvalue weighted by Gasteiger charge is 1.96. The summed E-state index contributed by atoms with van der Waals surface area (Å²) in [5, 5.41) is 0. The molecule has 0 saturated carbocycles. The molecule has 0 unspecified atom stereocenters. The van der Waals surface area contributed by atoms with Gasteiger partial charge in [-0.05, 0) is 42.2 Å². The lowest BCUT2D eigenvalue weighted by Gasteiger charge is -2.06. The molecule has 1 aromatic heterocycles. The van der Waals surface area contributed by atoms with Gasteiger partial charge in [0, 0.05) is 17.3 Å². The maximum atomic E-state index is 5.69. The average molecular weight is 231 g/mol. The molecule has 0 atom stereocenters. The van der Waals surface area contributed by atoms with Crippen molar-refractivity contribution in [2.24, 2.45) is 0 Å². The Morgan fingerprint density at radius 2 is 2.00 bits per heavy atom. The molecule has 3 heteroatoms. The number of hydrogen-bond donors (Lipinski definition) is 0. The van der Waals surface area contributed by atoms with Crippen LogP contribution < -0.4 is 4.74 Å². The summed E-state index contributed by atoms with van der Waals surface area (Å²) in [6.45, 7) is 0.584. The van der Waals surface area contributed by atoms with E-state index in [0.29, 0.717) is 6.61 Å². The van der Waals surface area contributed by atoms with E-state index in [4.69, 9.17) is 4.74 Å². The fraction of sp³-hybridized carbons (Fsp3) is 0.154. The van der Waals surface area contributed by atoms with Crippen LogP contribution in [0.3, 0.4) is 0 Å². The molecule has 0 fully saturated rings. The van der Waals surface area contributed by atoms with Crippen LogP contribution in [0.4, 0.5) is 0 Å². The summed E-state index contributed by atoms with van der Waals surface area (Å²) in [4.78, 5) is 5.18. The van der Waals surface area contributed by atoms with Crippen molar-refractivity contribution < 1.29 is 4.74 Å². The Bertz CT molecular complexity index is 445. The van der Waals surface area contributed by atoms with Crippen molar-refractivity contribution in [1.29, 1.82) is 0 Å². The summed E-state index contributed by atoms with van der Waals surface area (Å²) in [6.07, 6.45) is 5.61. The summed E-state index contributed by atoms with van der Waals surface area (Å²) in [5.74, 6) is 0.906. The van der Waals surface area contributed by atoms with Gasteiger partial charge in [0.2, 0.25) is 0 Å². The van der Waals surface area contributed by atoms with Gasteiger partial charge in [0.15, 0.2) is 0 Å². The Labute approximate surface area is 99.7 Å². The molecule has 0 bridgehead atoms. The molecule has 0 spiro atoms. The van der Waals surface area contributed by atoms with Crippen molar-refractivity contribution in [2.45, 2.75) is 11.5 Å². The largest absolute Gasteiger partial charge is 0.489 e. The summed E-state index contributed by atoms with van der Waals surface area (Å²) >= 11 is 1.71. The molecule has 0 saturated heterocycles. The number of hydrogen-bond acceptors (Lipinski definition) is 3. The van der Waals surface area contributed by atoms with Crippen LogP contribution in [0.5, 0.6) is 5.75 Å². The maximum Gasteiger partial charge on any atom is 0.120 e. The first-order valence-corrected chi connectivity index (χ1v) is 6.27. The molecular weight excluding hydrogens is 218 g/mol. The Morgan fingerprint density at radius 3 is 2.75 bits per heavy atom. The molecule has 2 rings (SSSR count). The number of rotatable bonds is 4. The molecule has 2 nitrogen and oxygen atoms in total. The first-order chi connectivity index (χ1) is 7.88. The quantitative estimate of drug-likeness (QED) is 0.753. The van der Waals surface area contributed by atoms with E-state index < -0.39 is 0 Å². The number of nitrogens with zero attached hydrogens (tertiary/aromatic N) is 1. The fourth-order valence-corrected chi connectivity index (χ4v) is 1.79. The Morgan fingerprint density at radius 1 is 1.19 bits per heavy atom. The van der Waals surface area contributed by atoms with Crippen molar-refractivity contribution in [3.8, 4) is 5.75 Å². The minimum atomic E-state index is 0.584. The smallest absolute Gasteiger partial charge is 0.120 e. The molecule has 1 aromatic carbocycles. The highest BCUT2D eigenvalue weighted by atomic mass is 32.2. The minimum absolute atomic E-state index is 0.584. The SMILES string of the molecule is CSc1cccc(OCc2ccncc2)c1. The zero-order valence-electron chi connectivity index (χ0n) is 9.09. The van der Waals surface area contributed by atoms with E-state index in [-0.39, 0.29) is 0 Å². The van der Waals surface area contributed by atoms with Gasteiger partial charge in [0.05, 0.1) is 0 Å². The molecule has 0 aliphatic carbocycles. The van der Waals surface area contributed by atoms with Gasteiger partial charge >= 0.3 is 0 Å². The van der Waals surface area contributed by atoms with Crippen LogP contribution >= 0.6 is 11.8 Å². The van der Waals surface area contributed by atoms with E-state index >= 15 is 0 Å². The standard InChI is InChI=1S/C13H13NOS/c1-16-13-4-2-3-12(9-13)15-10-11-5-7-14-8-6-11/h2-9H,10H2,1H3. The third-order valence-electron chi connectivity index (χ3n) is 2.20. The Hall–Kier alpha value is -1.48. The van der Waals surface area contributed by atoms with Gasteiger partial charge in [-0.2, -0.15) is 0 Å². The van der Waals surface area contributed by atoms with Gasteiger partial charge in [-0.25, -0.2) is 0 Å². The summed E-state index contributed by atoms with van der Waals surface area (Å²) in [6, 6.07) is 12.0. The van der Waals surface area contributed by atoms with Gasteiger partial charge in [0.25, 0.3) is 0 Å². The van der Waals surface area contributed by atoms with Crippen LogP contribution in [0.1, 0.15) is 5.56 Å². The third-order valence-corrected chi connectivity index (χ3v) is 2.92. The molecule has 0 radical (unpaired) electrons. The van der Waals surface area contributed by atoms with Gasteiger partial charge in [-0.3, -0.25) is 4.98 Å². The number of ether oxygens (including phenoxy) is 1. The van der Waals surface area contributed by atoms with E-state index in [1.807, 2.05) is 30.3 Å². The first kappa shape index (κ1) is 11.0. The van der Waals surface area contributed by atoms with E-state index in [2.05, 4.69) is 17.3 Å². The monoisotopic (exact) mass is 231 g/mol. The molecule has 1 heterocycles. The van der Waals surface area contributed by atoms with Gasteiger partial charge < -0.3 is 4.74 Å². The second kappa shape index (κ2) is 5.56. The summed E-state index contributed by atoms with van der Waals surface area (Å²) in [5.41, 5.74) is 1.13. The fourth-order valence-electron chi connectivity index (χ4n) is 1.34. The van der Waals surface area contributed by atoms with Crippen molar-refractivity contribution in [1.82, 2.24) is 4.98 Å². The highest BCUT2D eigenvalue weighted by Crippen LogP contribution is 2.21. The molecule has 0 aliphatic rings. The zero-order valence-corrected chi connectivity index (χ0v) is 9.91. The molecule has 0 N–H and O–H groups in total. The van der Waals surface area contributed by atoms with Crippen LogP contribution in [0.15, 0.2) is 53.7 Å². The van der Waals surface area contributed by atoms with Gasteiger partial charge in [-0.15, -0.1) is 11.8 Å². The lowest BCUT2D eigenvalue weighted by molar-refractivity contribution is 0.305. The van der Waals surface area contributed by atoms with E-state index in [1.54, 1.807) is 24.2 Å². The predicted octanol–water partition coefficient (Wildman–Crippen LogP) is 3.38. The highest BCUT2D eigenvalue weighted by molar-refractivity contribution is 7.98. The van der Waals surface area contributed by atoms with E-state index in [0.717, 1.165) is 11.3 Å². The number of benzene rings is 1. The second-order valence-corrected chi connectivity index (χ2v) is 4.20. The number of pyridine rings is 1. The van der Waals surface area contributed by atoms with E-state index in [9.17, 15) is 0 Å². The van der Waals surface area contributed by atoms with Gasteiger partial charge in [0.1, 0.15) is 12.4 Å². The lowest BCUT2D eigenvalue weighted by Crippen LogP contribution is -1.95. The predicted molar refractivity (Wildman–Crippen MR) is 66.8 cm³/mol. The zero-order chi connectivity index (χ0) is 11.2. The van der Waals surface area contributed by atoms with Crippen LogP contribution in [-0.2, 0) is 6.61 Å². The molecular formula is C13H13NOS. The van der Waals surface area contributed by atoms with Crippen molar-refractivity contribution in [3.63, 3.8) is 0 Å². The average Bonchev–Trinajstić information content (AvgIpc) is 2.38. The summed E-state index contributed by atoms with van der Waals surface area (Å²) < 4.78 is 5.69. The molecule has 0 aliphatic heterocycles. The van der Waals surface area contributed by atoms with Crippen molar-refractivity contribution in [3.05, 3.63) is 54.4 Å². The van der Waals surface area contributed by atoms with Crippen LogP contribution in [0, 0.1) is 0 Å². The molecule has 16 heavy (non-hydrogen) atoms. The van der Waals surface area contributed by atoms with Crippen molar-refractivity contribution in [2.75, 3.05) is 6.26 Å². The first-order valence-electron chi connectivity index (χ1n) is 5.04. The summed E-state index contributed by atoms with van der Waals surface area (Å²) in [7, 11) is 0. The minimum Gasteiger partial charge on any atom is -0.489 e. The normalized spacial score (nSPS) is 10.1. The third kappa shape index (κ3) is 3.00. The molecule has 82 valence electrons. The molecule has 2 aromatic rings. The van der Waals surface area contributed by atoms with Crippen LogP contribution in [0.25, 0.3) is 0 Å². The number of aromatic nitrogens is 1.